The van der Waals surface area contributed by atoms with Crippen molar-refractivity contribution in [2.75, 3.05) is 6.54 Å². The quantitative estimate of drug-likeness (QED) is 0.463. The summed E-state index contributed by atoms with van der Waals surface area (Å²) in [6.07, 6.45) is 4.98. The van der Waals surface area contributed by atoms with Gasteiger partial charge in [-0.1, -0.05) is 47.6 Å². The average Bonchev–Trinajstić information content (AvgIpc) is 2.07. The molecule has 100 valence electrons. The highest BCUT2D eigenvalue weighted by Crippen LogP contribution is 2.23. The standard InChI is InChI=1S/C14H29N3/c1-8-12(9-13(2,3)4)10-16-17(15)11-14(5,6)7/h8,10H,9,11,15H2,1-7H3/b12-8-,16-10-. The van der Waals surface area contributed by atoms with Gasteiger partial charge in [-0.3, -0.25) is 0 Å². The van der Waals surface area contributed by atoms with Gasteiger partial charge in [-0.25, -0.2) is 11.0 Å². The van der Waals surface area contributed by atoms with Crippen molar-refractivity contribution in [1.82, 2.24) is 5.12 Å². The first-order valence-corrected chi connectivity index (χ1v) is 6.25. The van der Waals surface area contributed by atoms with Crippen LogP contribution in [0.15, 0.2) is 16.8 Å². The van der Waals surface area contributed by atoms with Crippen LogP contribution in [-0.2, 0) is 0 Å². The molecule has 0 atom stereocenters. The van der Waals surface area contributed by atoms with Crippen molar-refractivity contribution < 1.29 is 0 Å². The van der Waals surface area contributed by atoms with E-state index in [0.717, 1.165) is 13.0 Å². The van der Waals surface area contributed by atoms with Crippen LogP contribution in [0.3, 0.4) is 0 Å². The predicted octanol–water partition coefficient (Wildman–Crippen LogP) is 3.58. The summed E-state index contributed by atoms with van der Waals surface area (Å²) in [7, 11) is 0. The van der Waals surface area contributed by atoms with E-state index in [1.807, 2.05) is 13.1 Å². The van der Waals surface area contributed by atoms with Gasteiger partial charge in [0.2, 0.25) is 0 Å². The van der Waals surface area contributed by atoms with Gasteiger partial charge in [0.25, 0.3) is 0 Å². The van der Waals surface area contributed by atoms with E-state index in [-0.39, 0.29) is 10.8 Å². The minimum atomic E-state index is 0.159. The number of allylic oxidation sites excluding steroid dienone is 2. The van der Waals surface area contributed by atoms with Crippen molar-refractivity contribution in [2.45, 2.75) is 54.9 Å². The minimum absolute atomic E-state index is 0.159. The number of hydrogen-bond donors (Lipinski definition) is 1. The molecule has 0 spiro atoms. The van der Waals surface area contributed by atoms with Crippen LogP contribution in [0, 0.1) is 10.8 Å². The van der Waals surface area contributed by atoms with Crippen molar-refractivity contribution >= 4 is 6.21 Å². The van der Waals surface area contributed by atoms with E-state index in [4.69, 9.17) is 5.84 Å². The Kier molecular flexibility index (Phi) is 5.89. The lowest BCUT2D eigenvalue weighted by Crippen LogP contribution is -2.34. The molecule has 2 N–H and O–H groups in total. The van der Waals surface area contributed by atoms with E-state index in [2.05, 4.69) is 52.7 Å². The van der Waals surface area contributed by atoms with E-state index in [0.29, 0.717) is 0 Å². The Morgan fingerprint density at radius 1 is 1.12 bits per heavy atom. The Labute approximate surface area is 107 Å². The molecule has 0 saturated heterocycles. The predicted molar refractivity (Wildman–Crippen MR) is 76.7 cm³/mol. The van der Waals surface area contributed by atoms with Crippen LogP contribution in [0.1, 0.15) is 54.9 Å². The molecule has 0 amide bonds. The van der Waals surface area contributed by atoms with Crippen LogP contribution in [-0.4, -0.2) is 17.9 Å². The maximum absolute atomic E-state index is 5.83. The second-order valence-electron chi connectivity index (χ2n) is 7.00. The zero-order chi connectivity index (χ0) is 13.7. The SMILES string of the molecule is C/C=C(\C=N/N(N)CC(C)(C)C)CC(C)(C)C. The number of rotatable bonds is 4. The molecule has 0 fully saturated rings. The van der Waals surface area contributed by atoms with E-state index >= 15 is 0 Å². The summed E-state index contributed by atoms with van der Waals surface area (Å²) in [6.45, 7) is 15.9. The van der Waals surface area contributed by atoms with Gasteiger partial charge in [0, 0.05) is 0 Å². The molecule has 0 heterocycles. The topological polar surface area (TPSA) is 41.6 Å². The molecule has 17 heavy (non-hydrogen) atoms. The Hall–Kier alpha value is -0.830. The first-order chi connectivity index (χ1) is 7.53. The second kappa shape index (κ2) is 6.20. The van der Waals surface area contributed by atoms with E-state index < -0.39 is 0 Å². The Bertz CT molecular complexity index is 277. The highest BCUT2D eigenvalue weighted by atomic mass is 15.6. The molecule has 0 aromatic heterocycles. The van der Waals surface area contributed by atoms with Gasteiger partial charge in [-0.05, 0) is 29.7 Å². The zero-order valence-electron chi connectivity index (χ0n) is 12.5. The third-order valence-electron chi connectivity index (χ3n) is 2.11. The summed E-state index contributed by atoms with van der Waals surface area (Å²) in [5, 5.41) is 5.80. The van der Waals surface area contributed by atoms with E-state index in [1.165, 1.54) is 10.7 Å². The highest BCUT2D eigenvalue weighted by molar-refractivity contribution is 5.78. The molecule has 0 rings (SSSR count). The first kappa shape index (κ1) is 16.2. The molecular weight excluding hydrogens is 210 g/mol. The van der Waals surface area contributed by atoms with Crippen LogP contribution in [0.25, 0.3) is 0 Å². The lowest BCUT2D eigenvalue weighted by atomic mass is 9.88. The molecule has 0 aliphatic heterocycles. The van der Waals surface area contributed by atoms with Crippen molar-refractivity contribution in [3.63, 3.8) is 0 Å². The minimum Gasteiger partial charge on any atom is -0.232 e. The molecule has 0 aromatic carbocycles. The fourth-order valence-electron chi connectivity index (χ4n) is 1.51. The molecule has 3 nitrogen and oxygen atoms in total. The third-order valence-corrected chi connectivity index (χ3v) is 2.11. The van der Waals surface area contributed by atoms with Gasteiger partial charge in [0.15, 0.2) is 0 Å². The van der Waals surface area contributed by atoms with E-state index in [9.17, 15) is 0 Å². The molecule has 3 heteroatoms. The van der Waals surface area contributed by atoms with Crippen molar-refractivity contribution in [1.29, 1.82) is 0 Å². The lowest BCUT2D eigenvalue weighted by molar-refractivity contribution is 0.203. The summed E-state index contributed by atoms with van der Waals surface area (Å²) in [5.41, 5.74) is 1.66. The van der Waals surface area contributed by atoms with Crippen LogP contribution in [0.4, 0.5) is 0 Å². The zero-order valence-corrected chi connectivity index (χ0v) is 12.5. The largest absolute Gasteiger partial charge is 0.232 e. The smallest absolute Gasteiger partial charge is 0.0579 e. The number of nitrogens with zero attached hydrogens (tertiary/aromatic N) is 2. The second-order valence-corrected chi connectivity index (χ2v) is 7.00. The summed E-state index contributed by atoms with van der Waals surface area (Å²) < 4.78 is 0. The Morgan fingerprint density at radius 2 is 1.65 bits per heavy atom. The van der Waals surface area contributed by atoms with Crippen LogP contribution < -0.4 is 5.84 Å². The van der Waals surface area contributed by atoms with Crippen molar-refractivity contribution in [2.24, 2.45) is 21.8 Å². The number of hydrazone groups is 1. The van der Waals surface area contributed by atoms with Gasteiger partial charge in [0.1, 0.15) is 0 Å². The lowest BCUT2D eigenvalue weighted by Gasteiger charge is -2.24. The van der Waals surface area contributed by atoms with Crippen LogP contribution >= 0.6 is 0 Å². The summed E-state index contributed by atoms with van der Waals surface area (Å²) >= 11 is 0. The molecule has 0 saturated carbocycles. The fraction of sp³-hybridized carbons (Fsp3) is 0.786. The van der Waals surface area contributed by atoms with Crippen LogP contribution in [0.5, 0.6) is 0 Å². The third kappa shape index (κ3) is 10.1. The number of nitrogens with two attached hydrogens (primary N) is 1. The van der Waals surface area contributed by atoms with Gasteiger partial charge in [-0.2, -0.15) is 5.10 Å². The number of hydrogen-bond acceptors (Lipinski definition) is 3. The molecule has 0 aliphatic rings. The molecular formula is C14H29N3. The van der Waals surface area contributed by atoms with Crippen molar-refractivity contribution in [3.05, 3.63) is 11.6 Å². The number of hydrazine groups is 1. The maximum Gasteiger partial charge on any atom is 0.0579 e. The molecule has 0 bridgehead atoms. The average molecular weight is 239 g/mol. The summed E-state index contributed by atoms with van der Waals surface area (Å²) in [6, 6.07) is 0. The molecule has 0 unspecified atom stereocenters. The normalized spacial score (nSPS) is 14.5. The Morgan fingerprint density at radius 3 is 2.00 bits per heavy atom. The first-order valence-electron chi connectivity index (χ1n) is 6.25. The van der Waals surface area contributed by atoms with Gasteiger partial charge in [0.05, 0.1) is 12.8 Å². The van der Waals surface area contributed by atoms with Crippen LogP contribution in [0.2, 0.25) is 0 Å². The van der Waals surface area contributed by atoms with Crippen molar-refractivity contribution in [3.8, 4) is 0 Å². The Balaban J connectivity index is 4.39. The summed E-state index contributed by atoms with van der Waals surface area (Å²) in [4.78, 5) is 0. The molecule has 0 radical (unpaired) electrons. The molecule has 0 aliphatic carbocycles. The van der Waals surface area contributed by atoms with E-state index in [1.54, 1.807) is 0 Å². The highest BCUT2D eigenvalue weighted by Gasteiger charge is 2.14. The maximum atomic E-state index is 5.83. The molecule has 0 aromatic rings. The van der Waals surface area contributed by atoms with Gasteiger partial charge in [-0.15, -0.1) is 0 Å². The monoisotopic (exact) mass is 239 g/mol. The van der Waals surface area contributed by atoms with Gasteiger partial charge < -0.3 is 0 Å². The summed E-state index contributed by atoms with van der Waals surface area (Å²) in [5.74, 6) is 5.83. The van der Waals surface area contributed by atoms with Gasteiger partial charge >= 0.3 is 0 Å². The fourth-order valence-corrected chi connectivity index (χ4v) is 1.51.